The molecule has 2 aliphatic rings. The van der Waals surface area contributed by atoms with Crippen molar-refractivity contribution in [2.24, 2.45) is 5.92 Å². The average molecular weight is 529 g/mol. The first-order valence-corrected chi connectivity index (χ1v) is 13.7. The van der Waals surface area contributed by atoms with Crippen LogP contribution in [-0.2, 0) is 0 Å². The van der Waals surface area contributed by atoms with Gasteiger partial charge in [-0.25, -0.2) is 0 Å². The Morgan fingerprint density at radius 2 is 1.76 bits per heavy atom. The second-order valence-electron chi connectivity index (χ2n) is 9.80. The third kappa shape index (κ3) is 4.18. The molecule has 0 unspecified atom stereocenters. The second-order valence-corrected chi connectivity index (χ2v) is 11.6. The smallest absolute Gasteiger partial charge is 0.282 e. The van der Waals surface area contributed by atoms with Gasteiger partial charge in [-0.05, 0) is 65.4 Å². The minimum Gasteiger partial charge on any atom is -0.378 e. The molecule has 0 bridgehead atoms. The first-order valence-electron chi connectivity index (χ1n) is 12.4. The molecule has 1 heterocycles. The van der Waals surface area contributed by atoms with Gasteiger partial charge in [-0.1, -0.05) is 54.6 Å². The number of anilines is 1. The molecular weight excluding hydrogens is 504 g/mol. The summed E-state index contributed by atoms with van der Waals surface area (Å²) in [5, 5.41) is 17.6. The van der Waals surface area contributed by atoms with E-state index in [-0.39, 0.29) is 44.9 Å². The lowest BCUT2D eigenvalue weighted by molar-refractivity contribution is -0.387. The van der Waals surface area contributed by atoms with Crippen LogP contribution in [0.15, 0.2) is 89.8 Å². The van der Waals surface area contributed by atoms with E-state index < -0.39 is 0 Å². The molecular formula is C30H25ClN2O3S. The van der Waals surface area contributed by atoms with Gasteiger partial charge in [0.15, 0.2) is 5.78 Å². The van der Waals surface area contributed by atoms with E-state index in [1.165, 1.54) is 28.1 Å². The SMILES string of the molecule is CC(=O)c1ccc2c(c1)[C@@H]1[C@@H](Cl)[C@@H](Sc3ccccc3[N+](=O)[O-])C[C@H]1[C@H](c1cccc3ccccc13)N2. The molecule has 186 valence electrons. The molecule has 0 radical (unpaired) electrons. The van der Waals surface area contributed by atoms with Crippen LogP contribution >= 0.6 is 23.4 Å². The van der Waals surface area contributed by atoms with Crippen LogP contribution in [0.25, 0.3) is 10.8 Å². The average Bonchev–Trinajstić information content (AvgIpc) is 3.23. The number of nitro benzene ring substituents is 1. The molecule has 7 heteroatoms. The molecule has 1 saturated carbocycles. The maximum Gasteiger partial charge on any atom is 0.282 e. The first kappa shape index (κ1) is 24.0. The van der Waals surface area contributed by atoms with Gasteiger partial charge in [0.1, 0.15) is 0 Å². The van der Waals surface area contributed by atoms with Crippen molar-refractivity contribution < 1.29 is 9.72 Å². The van der Waals surface area contributed by atoms with Crippen molar-refractivity contribution in [2.45, 2.75) is 40.8 Å². The summed E-state index contributed by atoms with van der Waals surface area (Å²) in [6.07, 6.45) is 0.792. The number of nitro groups is 1. The lowest BCUT2D eigenvalue weighted by Gasteiger charge is -2.39. The predicted octanol–water partition coefficient (Wildman–Crippen LogP) is 7.99. The number of carbonyl (C=O) groups excluding carboxylic acids is 1. The van der Waals surface area contributed by atoms with Crippen molar-refractivity contribution in [3.63, 3.8) is 0 Å². The molecule has 1 N–H and O–H groups in total. The molecule has 0 amide bonds. The van der Waals surface area contributed by atoms with E-state index in [4.69, 9.17) is 11.6 Å². The molecule has 4 aromatic rings. The zero-order valence-corrected chi connectivity index (χ0v) is 21.7. The zero-order chi connectivity index (χ0) is 25.7. The van der Waals surface area contributed by atoms with E-state index in [0.717, 1.165) is 17.7 Å². The Balaban J connectivity index is 1.46. The van der Waals surface area contributed by atoms with E-state index >= 15 is 0 Å². The van der Waals surface area contributed by atoms with Crippen LogP contribution in [0.1, 0.15) is 46.8 Å². The number of halogens is 1. The van der Waals surface area contributed by atoms with Crippen LogP contribution in [0.3, 0.4) is 0 Å². The molecule has 5 atom stereocenters. The molecule has 5 nitrogen and oxygen atoms in total. The summed E-state index contributed by atoms with van der Waals surface area (Å²) in [5.74, 6) is 0.176. The molecule has 1 aliphatic carbocycles. The summed E-state index contributed by atoms with van der Waals surface area (Å²) < 4.78 is 0. The number of alkyl halides is 1. The molecule has 0 spiro atoms. The van der Waals surface area contributed by atoms with Gasteiger partial charge in [-0.2, -0.15) is 0 Å². The van der Waals surface area contributed by atoms with Gasteiger partial charge < -0.3 is 5.32 Å². The van der Waals surface area contributed by atoms with Crippen molar-refractivity contribution in [3.05, 3.63) is 112 Å². The summed E-state index contributed by atoms with van der Waals surface area (Å²) in [6.45, 7) is 1.58. The monoisotopic (exact) mass is 528 g/mol. The summed E-state index contributed by atoms with van der Waals surface area (Å²) in [7, 11) is 0. The Morgan fingerprint density at radius 1 is 1.00 bits per heavy atom. The third-order valence-corrected chi connectivity index (χ3v) is 9.83. The molecule has 6 rings (SSSR count). The van der Waals surface area contributed by atoms with Crippen molar-refractivity contribution >= 4 is 51.3 Å². The number of Topliss-reactive ketones (excluding diaryl/α,β-unsaturated/α-hetero) is 1. The Morgan fingerprint density at radius 3 is 2.57 bits per heavy atom. The van der Waals surface area contributed by atoms with E-state index in [2.05, 4.69) is 41.7 Å². The van der Waals surface area contributed by atoms with Crippen LogP contribution in [0.2, 0.25) is 0 Å². The van der Waals surface area contributed by atoms with Crippen molar-refractivity contribution in [3.8, 4) is 0 Å². The largest absolute Gasteiger partial charge is 0.378 e. The van der Waals surface area contributed by atoms with E-state index in [1.54, 1.807) is 25.1 Å². The molecule has 0 aromatic heterocycles. The maximum absolute atomic E-state index is 12.2. The predicted molar refractivity (Wildman–Crippen MR) is 150 cm³/mol. The number of thioether (sulfide) groups is 1. The first-order chi connectivity index (χ1) is 17.9. The normalized spacial score (nSPS) is 24.2. The summed E-state index contributed by atoms with van der Waals surface area (Å²) in [6, 6.07) is 27.5. The molecule has 0 saturated heterocycles. The minimum absolute atomic E-state index is 0.00135. The highest BCUT2D eigenvalue weighted by molar-refractivity contribution is 8.00. The number of ketones is 1. The van der Waals surface area contributed by atoms with E-state index in [0.29, 0.717) is 10.5 Å². The van der Waals surface area contributed by atoms with Gasteiger partial charge in [-0.3, -0.25) is 14.9 Å². The number of fused-ring (bicyclic) bond motifs is 4. The zero-order valence-electron chi connectivity index (χ0n) is 20.1. The Labute approximate surface area is 224 Å². The van der Waals surface area contributed by atoms with Gasteiger partial charge in [-0.15, -0.1) is 23.4 Å². The Bertz CT molecular complexity index is 1540. The van der Waals surface area contributed by atoms with Crippen LogP contribution in [0.4, 0.5) is 11.4 Å². The van der Waals surface area contributed by atoms with Crippen LogP contribution in [0, 0.1) is 16.0 Å². The molecule has 1 aliphatic heterocycles. The fraction of sp³-hybridized carbons (Fsp3) is 0.233. The standard InChI is InChI=1S/C30H25ClN2O3S/c1-17(34)19-13-14-24-22(15-19)28-23(30(32-24)21-10-6-8-18-7-2-3-9-20(18)21)16-27(29(28)31)37-26-12-5-4-11-25(26)33(35)36/h2-15,23,27-30,32H,16H2,1H3/t23-,27+,28+,29+,30+/m1/s1. The van der Waals surface area contributed by atoms with E-state index in [1.807, 2.05) is 30.3 Å². The summed E-state index contributed by atoms with van der Waals surface area (Å²) in [5.41, 5.74) is 4.04. The molecule has 4 aromatic carbocycles. The Kier molecular flexibility index (Phi) is 6.17. The minimum atomic E-state index is -0.331. The van der Waals surface area contributed by atoms with Crippen LogP contribution in [0.5, 0.6) is 0 Å². The number of carbonyl (C=O) groups is 1. The van der Waals surface area contributed by atoms with Gasteiger partial charge in [0.05, 0.1) is 21.2 Å². The maximum atomic E-state index is 12.2. The highest BCUT2D eigenvalue weighted by Crippen LogP contribution is 2.58. The second kappa shape index (κ2) is 9.51. The van der Waals surface area contributed by atoms with Crippen molar-refractivity contribution in [2.75, 3.05) is 5.32 Å². The van der Waals surface area contributed by atoms with Gasteiger partial charge in [0.25, 0.3) is 5.69 Å². The van der Waals surface area contributed by atoms with Crippen LogP contribution < -0.4 is 5.32 Å². The van der Waals surface area contributed by atoms with Gasteiger partial charge in [0.2, 0.25) is 0 Å². The highest BCUT2D eigenvalue weighted by Gasteiger charge is 2.50. The molecule has 37 heavy (non-hydrogen) atoms. The fourth-order valence-electron chi connectivity index (χ4n) is 6.04. The quantitative estimate of drug-likeness (QED) is 0.123. The number of nitrogens with one attached hydrogen (secondary N) is 1. The number of benzene rings is 4. The lowest BCUT2D eigenvalue weighted by Crippen LogP contribution is -2.31. The number of hydrogen-bond acceptors (Lipinski definition) is 5. The number of rotatable bonds is 5. The van der Waals surface area contributed by atoms with Crippen molar-refractivity contribution in [1.82, 2.24) is 0 Å². The highest BCUT2D eigenvalue weighted by atomic mass is 35.5. The van der Waals surface area contributed by atoms with Gasteiger partial charge in [0, 0.05) is 28.5 Å². The van der Waals surface area contributed by atoms with E-state index in [9.17, 15) is 14.9 Å². The Hall–Kier alpha value is -3.35. The molecule has 1 fully saturated rings. The summed E-state index contributed by atoms with van der Waals surface area (Å²) >= 11 is 8.76. The third-order valence-electron chi connectivity index (χ3n) is 7.72. The number of nitrogens with zero attached hydrogens (tertiary/aromatic N) is 1. The van der Waals surface area contributed by atoms with Crippen LogP contribution in [-0.4, -0.2) is 21.3 Å². The number of hydrogen-bond donors (Lipinski definition) is 1. The topological polar surface area (TPSA) is 72.2 Å². The lowest BCUT2D eigenvalue weighted by atomic mass is 9.76. The van der Waals surface area contributed by atoms with Gasteiger partial charge >= 0.3 is 0 Å². The number of para-hydroxylation sites is 1. The summed E-state index contributed by atoms with van der Waals surface area (Å²) in [4.78, 5) is 24.2. The van der Waals surface area contributed by atoms with Crippen molar-refractivity contribution in [1.29, 1.82) is 0 Å². The fourth-order valence-corrected chi connectivity index (χ4v) is 7.98.